The molecule has 0 fully saturated rings. The summed E-state index contributed by atoms with van der Waals surface area (Å²) in [5.41, 5.74) is 4.22. The van der Waals surface area contributed by atoms with E-state index >= 15 is 0 Å². The predicted molar refractivity (Wildman–Crippen MR) is 117 cm³/mol. The minimum Gasteiger partial charge on any atom is -0.452 e. The van der Waals surface area contributed by atoms with Crippen LogP contribution in [0.25, 0.3) is 0 Å². The Morgan fingerprint density at radius 3 is 2.58 bits per heavy atom. The summed E-state index contributed by atoms with van der Waals surface area (Å²) in [6.45, 7) is 0.219. The maximum atomic E-state index is 12.9. The number of unbranched alkanes of at least 4 members (excludes halogenated alkanes) is 1. The molecule has 10 nitrogen and oxygen atoms in total. The number of nitrogens with zero attached hydrogens (tertiary/aromatic N) is 2. The van der Waals surface area contributed by atoms with Crippen molar-refractivity contribution in [1.29, 1.82) is 0 Å². The van der Waals surface area contributed by atoms with E-state index in [9.17, 15) is 28.0 Å². The first-order valence-corrected chi connectivity index (χ1v) is 10.3. The van der Waals surface area contributed by atoms with Crippen molar-refractivity contribution in [2.45, 2.75) is 46.3 Å². The monoisotopic (exact) mass is 468 g/mol. The first-order chi connectivity index (χ1) is 15.7. The minimum atomic E-state index is -3.07. The van der Waals surface area contributed by atoms with Crippen LogP contribution in [0.1, 0.15) is 43.5 Å². The van der Waals surface area contributed by atoms with Gasteiger partial charge in [0.15, 0.2) is 12.3 Å². The molecule has 0 saturated carbocycles. The summed E-state index contributed by atoms with van der Waals surface area (Å²) < 4.78 is 35.2. The minimum absolute atomic E-state index is 0.0994. The second kappa shape index (κ2) is 11.8. The van der Waals surface area contributed by atoms with Gasteiger partial charge >= 0.3 is 18.3 Å². The molecule has 1 aromatic carbocycles. The Kier molecular flexibility index (Phi) is 9.13. The number of nitrogen functional groups attached to an aromatic ring is 1. The van der Waals surface area contributed by atoms with Crippen LogP contribution in [-0.2, 0) is 16.1 Å². The number of H-pyrrole nitrogens is 1. The summed E-state index contributed by atoms with van der Waals surface area (Å²) in [5.74, 6) is -2.10. The molecule has 0 aliphatic rings. The summed E-state index contributed by atoms with van der Waals surface area (Å²) in [7, 11) is 0. The predicted octanol–water partition coefficient (Wildman–Crippen LogP) is 2.12. The van der Waals surface area contributed by atoms with Gasteiger partial charge in [0.25, 0.3) is 11.5 Å². The number of nitrogens with one attached hydrogen (secondary N) is 1. The molecule has 1 aromatic heterocycles. The van der Waals surface area contributed by atoms with Gasteiger partial charge in [0.1, 0.15) is 11.6 Å². The molecule has 0 bridgehead atoms. The van der Waals surface area contributed by atoms with Crippen molar-refractivity contribution in [3.8, 4) is 5.75 Å². The molecule has 0 unspecified atom stereocenters. The zero-order valence-corrected chi connectivity index (χ0v) is 18.3. The van der Waals surface area contributed by atoms with Crippen molar-refractivity contribution in [2.24, 2.45) is 0 Å². The van der Waals surface area contributed by atoms with E-state index in [1.165, 1.54) is 18.2 Å². The van der Waals surface area contributed by atoms with Gasteiger partial charge in [0.2, 0.25) is 0 Å². The van der Waals surface area contributed by atoms with Gasteiger partial charge in [0.05, 0.1) is 5.56 Å². The van der Waals surface area contributed by atoms with Gasteiger partial charge in [-0.2, -0.15) is 8.78 Å². The van der Waals surface area contributed by atoms with Crippen molar-refractivity contribution in [1.82, 2.24) is 9.55 Å². The van der Waals surface area contributed by atoms with E-state index in [2.05, 4.69) is 9.72 Å². The number of anilines is 2. The van der Waals surface area contributed by atoms with Gasteiger partial charge in [-0.25, -0.2) is 9.59 Å². The fourth-order valence-electron chi connectivity index (χ4n) is 3.05. The van der Waals surface area contributed by atoms with Gasteiger partial charge in [-0.3, -0.25) is 19.1 Å². The molecule has 33 heavy (non-hydrogen) atoms. The molecular formula is C21H26F2N4O6. The smallest absolute Gasteiger partial charge is 0.387 e. The Balaban J connectivity index is 2.26. The van der Waals surface area contributed by atoms with E-state index in [0.717, 1.165) is 15.5 Å². The highest BCUT2D eigenvalue weighted by Crippen LogP contribution is 2.19. The molecule has 0 radical (unpaired) electrons. The number of benzene rings is 1. The van der Waals surface area contributed by atoms with Crippen LogP contribution >= 0.6 is 0 Å². The number of rotatable bonds is 11. The normalized spacial score (nSPS) is 10.8. The van der Waals surface area contributed by atoms with Crippen molar-refractivity contribution in [3.05, 3.63) is 50.7 Å². The lowest BCUT2D eigenvalue weighted by Crippen LogP contribution is -2.43. The summed E-state index contributed by atoms with van der Waals surface area (Å²) in [4.78, 5) is 53.0. The van der Waals surface area contributed by atoms with Crippen LogP contribution in [0.2, 0.25) is 0 Å². The number of hydrogen-bond acceptors (Lipinski definition) is 7. The number of alkyl halides is 2. The SMILES string of the molecule is CCCCN(C(=O)COC(=O)c1cccc(OC(F)F)c1)c1c(N)n(CCC)c(=O)[nH]c1=O. The van der Waals surface area contributed by atoms with E-state index in [1.54, 1.807) is 0 Å². The van der Waals surface area contributed by atoms with Crippen molar-refractivity contribution >= 4 is 23.4 Å². The molecule has 0 saturated heterocycles. The summed E-state index contributed by atoms with van der Waals surface area (Å²) in [6.07, 6.45) is 1.76. The fraction of sp³-hybridized carbons (Fsp3) is 0.429. The Labute approximate surface area is 187 Å². The molecule has 0 aliphatic heterocycles. The lowest BCUT2D eigenvalue weighted by Gasteiger charge is -2.24. The molecule has 2 rings (SSSR count). The molecule has 0 spiro atoms. The van der Waals surface area contributed by atoms with Crippen LogP contribution in [0.3, 0.4) is 0 Å². The van der Waals surface area contributed by atoms with Gasteiger partial charge in [-0.1, -0.05) is 26.3 Å². The Morgan fingerprint density at radius 2 is 1.94 bits per heavy atom. The van der Waals surface area contributed by atoms with Crippen LogP contribution in [-0.4, -0.2) is 41.2 Å². The number of ether oxygens (including phenoxy) is 2. The van der Waals surface area contributed by atoms with Gasteiger partial charge in [-0.05, 0) is 31.0 Å². The molecular weight excluding hydrogens is 442 g/mol. The second-order valence-corrected chi connectivity index (χ2v) is 7.03. The van der Waals surface area contributed by atoms with E-state index in [0.29, 0.717) is 19.3 Å². The number of esters is 1. The number of carbonyl (C=O) groups excluding carboxylic acids is 2. The van der Waals surface area contributed by atoms with Crippen molar-refractivity contribution in [2.75, 3.05) is 23.8 Å². The summed E-state index contributed by atoms with van der Waals surface area (Å²) in [5, 5.41) is 0. The van der Waals surface area contributed by atoms with E-state index in [1.807, 2.05) is 13.8 Å². The Bertz CT molecular complexity index is 1100. The van der Waals surface area contributed by atoms with Crippen LogP contribution in [0.15, 0.2) is 33.9 Å². The summed E-state index contributed by atoms with van der Waals surface area (Å²) in [6, 6.07) is 4.92. The number of carbonyl (C=O) groups is 2. The molecule has 12 heteroatoms. The fourth-order valence-corrected chi connectivity index (χ4v) is 3.05. The first-order valence-electron chi connectivity index (χ1n) is 10.3. The zero-order chi connectivity index (χ0) is 24.5. The number of aromatic nitrogens is 2. The average Bonchev–Trinajstić information content (AvgIpc) is 2.76. The second-order valence-electron chi connectivity index (χ2n) is 7.03. The number of halogens is 2. The van der Waals surface area contributed by atoms with Crippen LogP contribution in [0, 0.1) is 0 Å². The highest BCUT2D eigenvalue weighted by molar-refractivity contribution is 5.98. The lowest BCUT2D eigenvalue weighted by molar-refractivity contribution is -0.121. The maximum Gasteiger partial charge on any atom is 0.387 e. The molecule has 3 N–H and O–H groups in total. The molecule has 0 aliphatic carbocycles. The van der Waals surface area contributed by atoms with E-state index in [4.69, 9.17) is 10.5 Å². The van der Waals surface area contributed by atoms with Crippen molar-refractivity contribution < 1.29 is 27.8 Å². The number of amides is 1. The number of nitrogens with two attached hydrogens (primary N) is 1. The number of hydrogen-bond donors (Lipinski definition) is 2. The third-order valence-electron chi connectivity index (χ3n) is 4.59. The Hall–Kier alpha value is -3.70. The van der Waals surface area contributed by atoms with E-state index < -0.39 is 36.3 Å². The molecule has 0 atom stereocenters. The highest BCUT2D eigenvalue weighted by Gasteiger charge is 2.25. The van der Waals surface area contributed by atoms with Gasteiger partial charge in [0, 0.05) is 13.1 Å². The van der Waals surface area contributed by atoms with Crippen LogP contribution < -0.4 is 26.6 Å². The number of aromatic amines is 1. The summed E-state index contributed by atoms with van der Waals surface area (Å²) >= 11 is 0. The largest absolute Gasteiger partial charge is 0.452 e. The third-order valence-corrected chi connectivity index (χ3v) is 4.59. The van der Waals surface area contributed by atoms with Crippen LogP contribution in [0.4, 0.5) is 20.3 Å². The highest BCUT2D eigenvalue weighted by atomic mass is 19.3. The lowest BCUT2D eigenvalue weighted by atomic mass is 10.2. The third kappa shape index (κ3) is 6.64. The molecule has 180 valence electrons. The van der Waals surface area contributed by atoms with Gasteiger partial charge in [-0.15, -0.1) is 0 Å². The van der Waals surface area contributed by atoms with Gasteiger partial charge < -0.3 is 20.1 Å². The first kappa shape index (κ1) is 25.6. The topological polar surface area (TPSA) is 137 Å². The van der Waals surface area contributed by atoms with E-state index in [-0.39, 0.29) is 35.9 Å². The standard InChI is InChI=1S/C21H26F2N4O6/c1-3-5-10-26(16-17(24)27(9-4-2)21(31)25-18(16)29)15(28)12-32-19(30)13-7-6-8-14(11-13)33-20(22)23/h6-8,11,20H,3-5,9-10,12,24H2,1-2H3,(H,25,29,31). The average molecular weight is 468 g/mol. The zero-order valence-electron chi connectivity index (χ0n) is 18.3. The van der Waals surface area contributed by atoms with Crippen molar-refractivity contribution in [3.63, 3.8) is 0 Å². The van der Waals surface area contributed by atoms with Crippen LogP contribution in [0.5, 0.6) is 5.75 Å². The molecule has 1 heterocycles. The quantitative estimate of drug-likeness (QED) is 0.482. The maximum absolute atomic E-state index is 12.9. The molecule has 1 amide bonds. The Morgan fingerprint density at radius 1 is 1.21 bits per heavy atom. The molecule has 2 aromatic rings.